The van der Waals surface area contributed by atoms with Crippen molar-refractivity contribution in [2.75, 3.05) is 20.8 Å². The van der Waals surface area contributed by atoms with E-state index in [0.29, 0.717) is 6.04 Å². The van der Waals surface area contributed by atoms with Crippen molar-refractivity contribution in [2.24, 2.45) is 5.92 Å². The molecule has 1 N–H and O–H groups in total. The standard InChI is InChI=1S/C17H25NO2/c1-19-15-10-13-8-9-18-17(12-6-4-3-5-7-12)14(13)11-16(15)20-2/h10-12,17-18H,3-9H2,1-2H3/t17-/m0/s1. The van der Waals surface area contributed by atoms with Gasteiger partial charge in [-0.15, -0.1) is 0 Å². The minimum absolute atomic E-state index is 0.499. The number of fused-ring (bicyclic) bond motifs is 1. The smallest absolute Gasteiger partial charge is 0.161 e. The van der Waals surface area contributed by atoms with Gasteiger partial charge >= 0.3 is 0 Å². The summed E-state index contributed by atoms with van der Waals surface area (Å²) in [4.78, 5) is 0. The van der Waals surface area contributed by atoms with Crippen molar-refractivity contribution in [2.45, 2.75) is 44.6 Å². The molecule has 1 aromatic rings. The third-order valence-electron chi connectivity index (χ3n) is 4.86. The van der Waals surface area contributed by atoms with Gasteiger partial charge in [-0.25, -0.2) is 0 Å². The average molecular weight is 275 g/mol. The van der Waals surface area contributed by atoms with E-state index in [1.54, 1.807) is 14.2 Å². The van der Waals surface area contributed by atoms with Crippen molar-refractivity contribution < 1.29 is 9.47 Å². The highest BCUT2D eigenvalue weighted by Crippen LogP contribution is 2.41. The van der Waals surface area contributed by atoms with Crippen LogP contribution in [0.15, 0.2) is 12.1 Å². The Hall–Kier alpha value is -1.22. The average Bonchev–Trinajstić information content (AvgIpc) is 2.53. The van der Waals surface area contributed by atoms with Gasteiger partial charge in [-0.05, 0) is 55.0 Å². The molecule has 1 aromatic carbocycles. The molecule has 1 aliphatic carbocycles. The third kappa shape index (κ3) is 2.51. The molecular formula is C17H25NO2. The van der Waals surface area contributed by atoms with Crippen molar-refractivity contribution in [1.29, 1.82) is 0 Å². The van der Waals surface area contributed by atoms with E-state index in [4.69, 9.17) is 9.47 Å². The summed E-state index contributed by atoms with van der Waals surface area (Å²) in [6, 6.07) is 4.86. The minimum Gasteiger partial charge on any atom is -0.493 e. The monoisotopic (exact) mass is 275 g/mol. The summed E-state index contributed by atoms with van der Waals surface area (Å²) in [5.41, 5.74) is 2.86. The van der Waals surface area contributed by atoms with E-state index in [0.717, 1.165) is 30.4 Å². The van der Waals surface area contributed by atoms with Crippen molar-refractivity contribution >= 4 is 0 Å². The van der Waals surface area contributed by atoms with Crippen molar-refractivity contribution in [3.63, 3.8) is 0 Å². The van der Waals surface area contributed by atoms with Crippen LogP contribution in [0.4, 0.5) is 0 Å². The van der Waals surface area contributed by atoms with E-state index in [-0.39, 0.29) is 0 Å². The largest absolute Gasteiger partial charge is 0.493 e. The molecule has 0 amide bonds. The Morgan fingerprint density at radius 3 is 2.40 bits per heavy atom. The Morgan fingerprint density at radius 2 is 1.70 bits per heavy atom. The Balaban J connectivity index is 1.94. The Kier molecular flexibility index (Phi) is 4.16. The summed E-state index contributed by atoms with van der Waals surface area (Å²) in [6.07, 6.45) is 7.95. The van der Waals surface area contributed by atoms with Gasteiger partial charge < -0.3 is 14.8 Å². The maximum absolute atomic E-state index is 5.49. The van der Waals surface area contributed by atoms with Crippen molar-refractivity contribution in [1.82, 2.24) is 5.32 Å². The zero-order valence-electron chi connectivity index (χ0n) is 12.6. The van der Waals surface area contributed by atoms with E-state index in [9.17, 15) is 0 Å². The van der Waals surface area contributed by atoms with Crippen LogP contribution in [-0.2, 0) is 6.42 Å². The molecule has 2 aliphatic rings. The summed E-state index contributed by atoms with van der Waals surface area (Å²) < 4.78 is 10.9. The Labute approximate surface area is 121 Å². The lowest BCUT2D eigenvalue weighted by molar-refractivity contribution is 0.263. The highest BCUT2D eigenvalue weighted by Gasteiger charge is 2.29. The lowest BCUT2D eigenvalue weighted by atomic mass is 9.78. The molecule has 3 heteroatoms. The van der Waals surface area contributed by atoms with Crippen LogP contribution < -0.4 is 14.8 Å². The molecule has 0 radical (unpaired) electrons. The van der Waals surface area contributed by atoms with E-state index in [1.165, 1.54) is 43.2 Å². The van der Waals surface area contributed by atoms with E-state index in [1.807, 2.05) is 0 Å². The summed E-state index contributed by atoms with van der Waals surface area (Å²) in [6.45, 7) is 1.07. The first-order valence-electron chi connectivity index (χ1n) is 7.81. The molecule has 20 heavy (non-hydrogen) atoms. The molecule has 0 aromatic heterocycles. The minimum atomic E-state index is 0.499. The molecule has 1 heterocycles. The summed E-state index contributed by atoms with van der Waals surface area (Å²) in [5, 5.41) is 3.74. The van der Waals surface area contributed by atoms with Crippen LogP contribution in [0.2, 0.25) is 0 Å². The summed E-state index contributed by atoms with van der Waals surface area (Å²) in [5.74, 6) is 2.49. The number of hydrogen-bond donors (Lipinski definition) is 1. The lowest BCUT2D eigenvalue weighted by Gasteiger charge is -2.36. The quantitative estimate of drug-likeness (QED) is 0.916. The molecule has 3 nitrogen and oxygen atoms in total. The number of rotatable bonds is 3. The van der Waals surface area contributed by atoms with Crippen LogP contribution in [0.5, 0.6) is 11.5 Å². The Morgan fingerprint density at radius 1 is 1.00 bits per heavy atom. The maximum atomic E-state index is 5.49. The topological polar surface area (TPSA) is 30.5 Å². The number of ether oxygens (including phenoxy) is 2. The second-order valence-electron chi connectivity index (χ2n) is 5.99. The number of nitrogens with one attached hydrogen (secondary N) is 1. The van der Waals surface area contributed by atoms with E-state index < -0.39 is 0 Å². The van der Waals surface area contributed by atoms with Crippen LogP contribution in [0.3, 0.4) is 0 Å². The van der Waals surface area contributed by atoms with E-state index >= 15 is 0 Å². The van der Waals surface area contributed by atoms with Crippen LogP contribution >= 0.6 is 0 Å². The molecule has 0 bridgehead atoms. The molecule has 1 fully saturated rings. The first-order valence-corrected chi connectivity index (χ1v) is 7.81. The molecule has 0 spiro atoms. The van der Waals surface area contributed by atoms with Crippen LogP contribution in [0.1, 0.15) is 49.3 Å². The lowest BCUT2D eigenvalue weighted by Crippen LogP contribution is -2.35. The molecule has 0 saturated heterocycles. The molecule has 1 atom stereocenters. The summed E-state index contributed by atoms with van der Waals surface area (Å²) in [7, 11) is 3.43. The highest BCUT2D eigenvalue weighted by atomic mass is 16.5. The SMILES string of the molecule is COc1cc2c(cc1OC)[C@H](C1CCCCC1)NCC2. The number of hydrogen-bond acceptors (Lipinski definition) is 3. The van der Waals surface area contributed by atoms with Crippen LogP contribution in [-0.4, -0.2) is 20.8 Å². The molecular weight excluding hydrogens is 250 g/mol. The summed E-state index contributed by atoms with van der Waals surface area (Å²) >= 11 is 0. The maximum Gasteiger partial charge on any atom is 0.161 e. The second-order valence-corrected chi connectivity index (χ2v) is 5.99. The molecule has 1 saturated carbocycles. The van der Waals surface area contributed by atoms with Crippen LogP contribution in [0.25, 0.3) is 0 Å². The molecule has 3 rings (SSSR count). The molecule has 0 unspecified atom stereocenters. The van der Waals surface area contributed by atoms with Crippen molar-refractivity contribution in [3.8, 4) is 11.5 Å². The first kappa shape index (κ1) is 13.7. The fraction of sp³-hybridized carbons (Fsp3) is 0.647. The van der Waals surface area contributed by atoms with Gasteiger partial charge in [0.2, 0.25) is 0 Å². The predicted octanol–water partition coefficient (Wildman–Crippen LogP) is 3.47. The van der Waals surface area contributed by atoms with E-state index in [2.05, 4.69) is 17.4 Å². The Bertz CT molecular complexity index is 466. The molecule has 1 aliphatic heterocycles. The van der Waals surface area contributed by atoms with Crippen molar-refractivity contribution in [3.05, 3.63) is 23.3 Å². The van der Waals surface area contributed by atoms with Gasteiger partial charge in [0.25, 0.3) is 0 Å². The van der Waals surface area contributed by atoms with Gasteiger partial charge in [-0.1, -0.05) is 19.3 Å². The second kappa shape index (κ2) is 6.04. The normalized spacial score (nSPS) is 23.2. The number of methoxy groups -OCH3 is 2. The highest BCUT2D eigenvalue weighted by molar-refractivity contribution is 5.49. The third-order valence-corrected chi connectivity index (χ3v) is 4.86. The fourth-order valence-corrected chi connectivity index (χ4v) is 3.80. The van der Waals surface area contributed by atoms with Gasteiger partial charge in [-0.3, -0.25) is 0 Å². The molecule has 110 valence electrons. The van der Waals surface area contributed by atoms with Gasteiger partial charge in [-0.2, -0.15) is 0 Å². The van der Waals surface area contributed by atoms with Gasteiger partial charge in [0.15, 0.2) is 11.5 Å². The van der Waals surface area contributed by atoms with Gasteiger partial charge in [0.1, 0.15) is 0 Å². The fourth-order valence-electron chi connectivity index (χ4n) is 3.80. The van der Waals surface area contributed by atoms with Gasteiger partial charge in [0, 0.05) is 6.04 Å². The predicted molar refractivity (Wildman–Crippen MR) is 80.6 cm³/mol. The van der Waals surface area contributed by atoms with Crippen LogP contribution in [0, 0.1) is 5.92 Å². The number of benzene rings is 1. The zero-order chi connectivity index (χ0) is 13.9. The first-order chi connectivity index (χ1) is 9.83. The zero-order valence-corrected chi connectivity index (χ0v) is 12.6. The van der Waals surface area contributed by atoms with Gasteiger partial charge in [0.05, 0.1) is 14.2 Å².